The Bertz CT molecular complexity index is 402. The number of likely N-dealkylation sites (N-methyl/N-ethyl adjacent to an activating group) is 1. The maximum atomic E-state index is 12.0. The Kier molecular flexibility index (Phi) is 4.12. The molecule has 1 aromatic carbocycles. The Hall–Kier alpha value is -1.55. The molecule has 94 valence electrons. The highest BCUT2D eigenvalue weighted by atomic mass is 16.3. The molecule has 4 nitrogen and oxygen atoms in total. The number of aromatic hydroxyl groups is 1. The lowest BCUT2D eigenvalue weighted by molar-refractivity contribution is -0.133. The number of rotatable bonds is 4. The number of benzene rings is 1. The average molecular weight is 236 g/mol. The maximum Gasteiger partial charge on any atom is 0.227 e. The van der Waals surface area contributed by atoms with E-state index in [1.54, 1.807) is 30.1 Å². The van der Waals surface area contributed by atoms with Crippen LogP contribution in [0.15, 0.2) is 24.3 Å². The van der Waals surface area contributed by atoms with Crippen molar-refractivity contribution < 1.29 is 9.90 Å². The van der Waals surface area contributed by atoms with Crippen molar-refractivity contribution in [2.75, 3.05) is 13.6 Å². The van der Waals surface area contributed by atoms with Gasteiger partial charge in [0.25, 0.3) is 0 Å². The summed E-state index contributed by atoms with van der Waals surface area (Å²) in [4.78, 5) is 13.7. The molecule has 4 heteroatoms. The van der Waals surface area contributed by atoms with E-state index in [2.05, 4.69) is 0 Å². The number of nitrogens with zero attached hydrogens (tertiary/aromatic N) is 1. The van der Waals surface area contributed by atoms with Gasteiger partial charge < -0.3 is 15.7 Å². The third kappa shape index (κ3) is 3.46. The van der Waals surface area contributed by atoms with E-state index >= 15 is 0 Å². The fourth-order valence-corrected chi connectivity index (χ4v) is 1.43. The first-order valence-corrected chi connectivity index (χ1v) is 5.61. The first-order chi connectivity index (χ1) is 7.86. The summed E-state index contributed by atoms with van der Waals surface area (Å²) in [5, 5.41) is 9.33. The fraction of sp³-hybridized carbons (Fsp3) is 0.462. The normalized spacial score (nSPS) is 11.3. The number of carbonyl (C=O) groups excluding carboxylic acids is 1. The highest BCUT2D eigenvalue weighted by Crippen LogP contribution is 2.15. The Morgan fingerprint density at radius 2 is 2.12 bits per heavy atom. The van der Waals surface area contributed by atoms with Crippen molar-refractivity contribution >= 4 is 5.91 Å². The highest BCUT2D eigenvalue weighted by Gasteiger charge is 2.25. The van der Waals surface area contributed by atoms with E-state index in [1.807, 2.05) is 19.9 Å². The standard InChI is InChI=1S/C13H20N2O2/c1-13(2,9-14)15(3)12(17)8-10-5-4-6-11(16)7-10/h4-7,16H,8-9,14H2,1-3H3. The molecule has 0 saturated carbocycles. The van der Waals surface area contributed by atoms with E-state index in [9.17, 15) is 9.90 Å². The molecule has 0 heterocycles. The van der Waals surface area contributed by atoms with Crippen LogP contribution in [0.2, 0.25) is 0 Å². The molecule has 0 atom stereocenters. The Morgan fingerprint density at radius 3 is 2.65 bits per heavy atom. The topological polar surface area (TPSA) is 66.6 Å². The SMILES string of the molecule is CN(C(=O)Cc1cccc(O)c1)C(C)(C)CN. The van der Waals surface area contributed by atoms with Crippen LogP contribution < -0.4 is 5.73 Å². The van der Waals surface area contributed by atoms with Crippen LogP contribution in [0.4, 0.5) is 0 Å². The van der Waals surface area contributed by atoms with Crippen molar-refractivity contribution in [2.24, 2.45) is 5.73 Å². The molecule has 0 aliphatic heterocycles. The summed E-state index contributed by atoms with van der Waals surface area (Å²) >= 11 is 0. The predicted molar refractivity (Wildman–Crippen MR) is 67.7 cm³/mol. The fourth-order valence-electron chi connectivity index (χ4n) is 1.43. The molecule has 0 bridgehead atoms. The predicted octanol–water partition coefficient (Wildman–Crippen LogP) is 1.13. The lowest BCUT2D eigenvalue weighted by Gasteiger charge is -2.34. The molecule has 17 heavy (non-hydrogen) atoms. The van der Waals surface area contributed by atoms with Crippen LogP contribution in [0.5, 0.6) is 5.75 Å². The summed E-state index contributed by atoms with van der Waals surface area (Å²) in [6, 6.07) is 6.73. The maximum absolute atomic E-state index is 12.0. The molecule has 0 aliphatic carbocycles. The molecule has 0 aromatic heterocycles. The van der Waals surface area contributed by atoms with Gasteiger partial charge >= 0.3 is 0 Å². The van der Waals surface area contributed by atoms with E-state index in [0.29, 0.717) is 6.54 Å². The first-order valence-electron chi connectivity index (χ1n) is 5.61. The van der Waals surface area contributed by atoms with Crippen LogP contribution in [-0.2, 0) is 11.2 Å². The van der Waals surface area contributed by atoms with E-state index in [1.165, 1.54) is 0 Å². The van der Waals surface area contributed by atoms with Gasteiger partial charge in [0.15, 0.2) is 0 Å². The molecule has 0 unspecified atom stereocenters. The highest BCUT2D eigenvalue weighted by molar-refractivity contribution is 5.79. The van der Waals surface area contributed by atoms with Gasteiger partial charge in [-0.1, -0.05) is 12.1 Å². The van der Waals surface area contributed by atoms with E-state index in [4.69, 9.17) is 5.73 Å². The number of phenolic OH excluding ortho intramolecular Hbond substituents is 1. The molecule has 1 amide bonds. The smallest absolute Gasteiger partial charge is 0.227 e. The number of phenols is 1. The first kappa shape index (κ1) is 13.5. The van der Waals surface area contributed by atoms with Gasteiger partial charge in [-0.3, -0.25) is 4.79 Å². The number of nitrogens with two attached hydrogens (primary N) is 1. The number of carbonyl (C=O) groups is 1. The zero-order valence-corrected chi connectivity index (χ0v) is 10.6. The van der Waals surface area contributed by atoms with Gasteiger partial charge in [0.1, 0.15) is 5.75 Å². The van der Waals surface area contributed by atoms with Crippen molar-refractivity contribution in [3.8, 4) is 5.75 Å². The molecule has 3 N–H and O–H groups in total. The zero-order valence-electron chi connectivity index (χ0n) is 10.6. The molecule has 1 rings (SSSR count). The molecule has 0 radical (unpaired) electrons. The van der Waals surface area contributed by atoms with Gasteiger partial charge in [-0.05, 0) is 31.5 Å². The minimum Gasteiger partial charge on any atom is -0.508 e. The Morgan fingerprint density at radius 1 is 1.47 bits per heavy atom. The van der Waals surface area contributed by atoms with Crippen molar-refractivity contribution in [1.82, 2.24) is 4.90 Å². The summed E-state index contributed by atoms with van der Waals surface area (Å²) in [6.07, 6.45) is 0.272. The Labute approximate surface area is 102 Å². The van der Waals surface area contributed by atoms with E-state index < -0.39 is 0 Å². The third-order valence-corrected chi connectivity index (χ3v) is 3.05. The van der Waals surface area contributed by atoms with Crippen LogP contribution >= 0.6 is 0 Å². The van der Waals surface area contributed by atoms with Gasteiger partial charge in [-0.25, -0.2) is 0 Å². The van der Waals surface area contributed by atoms with E-state index in [0.717, 1.165) is 5.56 Å². The summed E-state index contributed by atoms with van der Waals surface area (Å²) < 4.78 is 0. The van der Waals surface area contributed by atoms with Crippen LogP contribution in [0.25, 0.3) is 0 Å². The van der Waals surface area contributed by atoms with Crippen LogP contribution in [0.1, 0.15) is 19.4 Å². The lowest BCUT2D eigenvalue weighted by Crippen LogP contribution is -2.50. The monoisotopic (exact) mass is 236 g/mol. The number of hydrogen-bond donors (Lipinski definition) is 2. The molecule has 0 aliphatic rings. The second-order valence-corrected chi connectivity index (χ2v) is 4.82. The van der Waals surface area contributed by atoms with Crippen LogP contribution in [0.3, 0.4) is 0 Å². The second-order valence-electron chi connectivity index (χ2n) is 4.82. The van der Waals surface area contributed by atoms with Crippen molar-refractivity contribution in [1.29, 1.82) is 0 Å². The minimum atomic E-state index is -0.353. The van der Waals surface area contributed by atoms with Crippen molar-refractivity contribution in [3.05, 3.63) is 29.8 Å². The van der Waals surface area contributed by atoms with Crippen molar-refractivity contribution in [2.45, 2.75) is 25.8 Å². The summed E-state index contributed by atoms with van der Waals surface area (Å²) in [6.45, 7) is 4.26. The summed E-state index contributed by atoms with van der Waals surface area (Å²) in [7, 11) is 1.75. The third-order valence-electron chi connectivity index (χ3n) is 3.05. The molecular weight excluding hydrogens is 216 g/mol. The summed E-state index contributed by atoms with van der Waals surface area (Å²) in [5.74, 6) is 0.169. The summed E-state index contributed by atoms with van der Waals surface area (Å²) in [5.41, 5.74) is 6.08. The lowest BCUT2D eigenvalue weighted by atomic mass is 10.0. The van der Waals surface area contributed by atoms with Gasteiger partial charge in [-0.15, -0.1) is 0 Å². The molecule has 0 saturated heterocycles. The second kappa shape index (κ2) is 5.19. The molecule has 0 spiro atoms. The number of amides is 1. The molecule has 0 fully saturated rings. The van der Waals surface area contributed by atoms with Gasteiger partial charge in [0, 0.05) is 19.1 Å². The average Bonchev–Trinajstić information content (AvgIpc) is 2.28. The number of hydrogen-bond acceptors (Lipinski definition) is 3. The van der Waals surface area contributed by atoms with Gasteiger partial charge in [0.2, 0.25) is 5.91 Å². The quantitative estimate of drug-likeness (QED) is 0.823. The molecular formula is C13H20N2O2. The van der Waals surface area contributed by atoms with Gasteiger partial charge in [0.05, 0.1) is 6.42 Å². The van der Waals surface area contributed by atoms with Gasteiger partial charge in [-0.2, -0.15) is 0 Å². The van der Waals surface area contributed by atoms with Crippen LogP contribution in [-0.4, -0.2) is 35.0 Å². The largest absolute Gasteiger partial charge is 0.508 e. The minimum absolute atomic E-state index is 0.00829. The zero-order chi connectivity index (χ0) is 13.1. The Balaban J connectivity index is 2.73. The molecule has 1 aromatic rings. The van der Waals surface area contributed by atoms with Crippen molar-refractivity contribution in [3.63, 3.8) is 0 Å². The van der Waals surface area contributed by atoms with Crippen LogP contribution in [0, 0.1) is 0 Å². The van der Waals surface area contributed by atoms with E-state index in [-0.39, 0.29) is 23.6 Å².